The number of hydrogen-bond donors (Lipinski definition) is 2. The Hall–Kier alpha value is -3.91. The van der Waals surface area contributed by atoms with Crippen molar-refractivity contribution in [1.82, 2.24) is 5.32 Å². The normalized spacial score (nSPS) is 9.80. The number of rotatable bonds is 6. The van der Waals surface area contributed by atoms with Gasteiger partial charge in [-0.1, -0.05) is 42.2 Å². The third-order valence-electron chi connectivity index (χ3n) is 4.39. The Morgan fingerprint density at radius 1 is 0.833 bits per heavy atom. The predicted molar refractivity (Wildman–Crippen MR) is 119 cm³/mol. The maximum absolute atomic E-state index is 12.2. The van der Waals surface area contributed by atoms with Crippen LogP contribution in [0.5, 0.6) is 11.5 Å². The van der Waals surface area contributed by atoms with E-state index in [4.69, 9.17) is 9.47 Å². The van der Waals surface area contributed by atoms with Gasteiger partial charge in [-0.05, 0) is 54.4 Å². The highest BCUT2D eigenvalue weighted by molar-refractivity contribution is 5.89. The second-order valence-corrected chi connectivity index (χ2v) is 6.52. The van der Waals surface area contributed by atoms with Crippen molar-refractivity contribution in [2.24, 2.45) is 0 Å². The van der Waals surface area contributed by atoms with Gasteiger partial charge in [0.05, 0.1) is 14.2 Å². The van der Waals surface area contributed by atoms with Gasteiger partial charge in [-0.2, -0.15) is 0 Å². The van der Waals surface area contributed by atoms with E-state index in [1.807, 2.05) is 72.8 Å². The Morgan fingerprint density at radius 3 is 2.33 bits per heavy atom. The van der Waals surface area contributed by atoms with Gasteiger partial charge in [-0.15, -0.1) is 0 Å². The van der Waals surface area contributed by atoms with Gasteiger partial charge in [0.25, 0.3) is 0 Å². The molecule has 0 saturated heterocycles. The fourth-order valence-electron chi connectivity index (χ4n) is 2.87. The van der Waals surface area contributed by atoms with Crippen LogP contribution in [0.25, 0.3) is 0 Å². The van der Waals surface area contributed by atoms with Gasteiger partial charge in [-0.25, -0.2) is 4.79 Å². The fraction of sp³-hybridized carbons (Fsp3) is 0.160. The average Bonchev–Trinajstić information content (AvgIpc) is 2.78. The molecule has 3 rings (SSSR count). The first kappa shape index (κ1) is 20.8. The number of ether oxygens (including phenoxy) is 2. The molecule has 5 nitrogen and oxygen atoms in total. The first-order valence-corrected chi connectivity index (χ1v) is 9.61. The molecule has 0 bridgehead atoms. The molecule has 0 unspecified atom stereocenters. The third-order valence-corrected chi connectivity index (χ3v) is 4.39. The summed E-state index contributed by atoms with van der Waals surface area (Å²) in [5.41, 5.74) is 3.52. The average molecular weight is 400 g/mol. The second kappa shape index (κ2) is 10.6. The first-order chi connectivity index (χ1) is 14.7. The summed E-state index contributed by atoms with van der Waals surface area (Å²) in [5, 5.41) is 5.71. The smallest absolute Gasteiger partial charge is 0.319 e. The van der Waals surface area contributed by atoms with E-state index in [1.54, 1.807) is 14.2 Å². The minimum atomic E-state index is -0.261. The number of nitrogens with one attached hydrogen (secondary N) is 2. The van der Waals surface area contributed by atoms with E-state index in [1.165, 1.54) is 0 Å². The largest absolute Gasteiger partial charge is 0.493 e. The molecule has 152 valence electrons. The molecule has 0 fully saturated rings. The van der Waals surface area contributed by atoms with Gasteiger partial charge < -0.3 is 20.1 Å². The zero-order valence-corrected chi connectivity index (χ0v) is 17.1. The zero-order valence-electron chi connectivity index (χ0n) is 17.1. The summed E-state index contributed by atoms with van der Waals surface area (Å²) in [7, 11) is 3.21. The zero-order chi connectivity index (χ0) is 21.2. The quantitative estimate of drug-likeness (QED) is 0.601. The maximum Gasteiger partial charge on any atom is 0.319 e. The molecule has 0 aliphatic rings. The van der Waals surface area contributed by atoms with Crippen LogP contribution < -0.4 is 20.1 Å². The van der Waals surface area contributed by atoms with Crippen LogP contribution in [0.4, 0.5) is 10.5 Å². The van der Waals surface area contributed by atoms with E-state index in [0.717, 1.165) is 16.7 Å². The van der Waals surface area contributed by atoms with Crippen molar-refractivity contribution in [1.29, 1.82) is 0 Å². The molecule has 0 aromatic heterocycles. The Bertz CT molecular complexity index is 1050. The van der Waals surface area contributed by atoms with E-state index in [9.17, 15) is 4.79 Å². The number of carbonyl (C=O) groups excluding carboxylic acids is 1. The van der Waals surface area contributed by atoms with Crippen molar-refractivity contribution in [3.8, 4) is 23.3 Å². The van der Waals surface area contributed by atoms with Gasteiger partial charge in [-0.3, -0.25) is 0 Å². The van der Waals surface area contributed by atoms with E-state index in [0.29, 0.717) is 30.2 Å². The maximum atomic E-state index is 12.2. The molecule has 2 N–H and O–H groups in total. The van der Waals surface area contributed by atoms with Gasteiger partial charge in [0.2, 0.25) is 0 Å². The SMILES string of the molecule is COc1ccc(CCNC(=O)Nc2cccc(C#Cc3ccccc3)c2)cc1OC. The lowest BCUT2D eigenvalue weighted by atomic mass is 10.1. The number of carbonyl (C=O) groups is 1. The highest BCUT2D eigenvalue weighted by atomic mass is 16.5. The second-order valence-electron chi connectivity index (χ2n) is 6.52. The number of methoxy groups -OCH3 is 2. The molecule has 0 aliphatic carbocycles. The molecule has 0 radical (unpaired) electrons. The highest BCUT2D eigenvalue weighted by Crippen LogP contribution is 2.27. The molecule has 0 heterocycles. The summed E-state index contributed by atoms with van der Waals surface area (Å²) in [6, 6.07) is 22.7. The van der Waals surface area contributed by atoms with Crippen LogP contribution in [-0.2, 0) is 6.42 Å². The number of anilines is 1. The molecule has 2 amide bonds. The molecule has 0 spiro atoms. The van der Waals surface area contributed by atoms with Crippen molar-refractivity contribution in [3.63, 3.8) is 0 Å². The summed E-state index contributed by atoms with van der Waals surface area (Å²) in [5.74, 6) is 7.59. The lowest BCUT2D eigenvalue weighted by Gasteiger charge is -2.11. The molecule has 0 atom stereocenters. The Balaban J connectivity index is 1.52. The highest BCUT2D eigenvalue weighted by Gasteiger charge is 2.06. The predicted octanol–water partition coefficient (Wildman–Crippen LogP) is 4.47. The lowest BCUT2D eigenvalue weighted by Crippen LogP contribution is -2.30. The number of urea groups is 1. The number of amides is 2. The van der Waals surface area contributed by atoms with Crippen LogP contribution in [-0.4, -0.2) is 26.8 Å². The van der Waals surface area contributed by atoms with E-state index in [2.05, 4.69) is 22.5 Å². The molecule has 3 aromatic rings. The molecule has 0 saturated carbocycles. The molecule has 3 aromatic carbocycles. The van der Waals surface area contributed by atoms with Crippen LogP contribution in [0.15, 0.2) is 72.8 Å². The van der Waals surface area contributed by atoms with Crippen molar-refractivity contribution in [2.75, 3.05) is 26.1 Å². The van der Waals surface area contributed by atoms with Crippen molar-refractivity contribution in [2.45, 2.75) is 6.42 Å². The van der Waals surface area contributed by atoms with Gasteiger partial charge in [0.1, 0.15) is 0 Å². The first-order valence-electron chi connectivity index (χ1n) is 9.61. The minimum Gasteiger partial charge on any atom is -0.493 e. The molecule has 0 aliphatic heterocycles. The standard InChI is InChI=1S/C25H24N2O3/c1-29-23-14-13-21(18-24(23)30-2)15-16-26-25(28)27-22-10-6-9-20(17-22)12-11-19-7-4-3-5-8-19/h3-10,13-14,17-18H,15-16H2,1-2H3,(H2,26,27,28). The van der Waals surface area contributed by atoms with Gasteiger partial charge in [0.15, 0.2) is 11.5 Å². The summed E-state index contributed by atoms with van der Waals surface area (Å²) in [4.78, 5) is 12.2. The molecular formula is C25H24N2O3. The summed E-state index contributed by atoms with van der Waals surface area (Å²) in [6.45, 7) is 0.495. The minimum absolute atomic E-state index is 0.261. The monoisotopic (exact) mass is 400 g/mol. The Kier molecular flexibility index (Phi) is 7.34. The molecule has 5 heteroatoms. The van der Waals surface area contributed by atoms with Crippen molar-refractivity contribution in [3.05, 3.63) is 89.5 Å². The topological polar surface area (TPSA) is 59.6 Å². The third kappa shape index (κ3) is 6.05. The summed E-state index contributed by atoms with van der Waals surface area (Å²) in [6.07, 6.45) is 0.677. The summed E-state index contributed by atoms with van der Waals surface area (Å²) < 4.78 is 10.5. The van der Waals surface area contributed by atoms with Crippen molar-refractivity contribution >= 4 is 11.7 Å². The Labute approximate surface area is 177 Å². The lowest BCUT2D eigenvalue weighted by molar-refractivity contribution is 0.252. The van der Waals surface area contributed by atoms with Crippen molar-refractivity contribution < 1.29 is 14.3 Å². The summed E-state index contributed by atoms with van der Waals surface area (Å²) >= 11 is 0. The van der Waals surface area contributed by atoms with Crippen LogP contribution in [0.1, 0.15) is 16.7 Å². The van der Waals surface area contributed by atoms with Crippen LogP contribution >= 0.6 is 0 Å². The molecule has 30 heavy (non-hydrogen) atoms. The molecular weight excluding hydrogens is 376 g/mol. The van der Waals surface area contributed by atoms with Crippen LogP contribution in [0.2, 0.25) is 0 Å². The number of hydrogen-bond acceptors (Lipinski definition) is 3. The fourth-order valence-corrected chi connectivity index (χ4v) is 2.87. The van der Waals surface area contributed by atoms with Gasteiger partial charge in [0, 0.05) is 23.4 Å². The van der Waals surface area contributed by atoms with Gasteiger partial charge >= 0.3 is 6.03 Å². The van der Waals surface area contributed by atoms with E-state index < -0.39 is 0 Å². The van der Waals surface area contributed by atoms with E-state index in [-0.39, 0.29) is 6.03 Å². The van der Waals surface area contributed by atoms with E-state index >= 15 is 0 Å². The Morgan fingerprint density at radius 2 is 1.57 bits per heavy atom. The van der Waals surface area contributed by atoms with Crippen LogP contribution in [0.3, 0.4) is 0 Å². The van der Waals surface area contributed by atoms with Crippen LogP contribution in [0, 0.1) is 11.8 Å². The number of benzene rings is 3.